The highest BCUT2D eigenvalue weighted by atomic mass is 16.1. The SMILES string of the molecule is O=CC1=C(C=O)c2c(C=O)c(C=O)cc3cccc1c23. The molecule has 0 N–H and O–H groups in total. The third-order valence-electron chi connectivity index (χ3n) is 3.57. The van der Waals surface area contributed by atoms with E-state index in [0.717, 1.165) is 5.39 Å². The summed E-state index contributed by atoms with van der Waals surface area (Å²) in [5.41, 5.74) is 1.79. The van der Waals surface area contributed by atoms with E-state index in [0.29, 0.717) is 41.7 Å². The van der Waals surface area contributed by atoms with Crippen molar-refractivity contribution in [2.75, 3.05) is 0 Å². The second-order valence-electron chi connectivity index (χ2n) is 4.46. The Balaban J connectivity index is 2.61. The van der Waals surface area contributed by atoms with Gasteiger partial charge in [0.15, 0.2) is 25.1 Å². The number of carbonyl (C=O) groups excluding carboxylic acids is 4. The Morgan fingerprint density at radius 3 is 2.15 bits per heavy atom. The van der Waals surface area contributed by atoms with Gasteiger partial charge in [-0.2, -0.15) is 0 Å². The molecule has 0 amide bonds. The van der Waals surface area contributed by atoms with Gasteiger partial charge in [0.25, 0.3) is 0 Å². The summed E-state index contributed by atoms with van der Waals surface area (Å²) in [5, 5.41) is 1.39. The number of carbonyl (C=O) groups is 4. The normalized spacial score (nSPS) is 12.6. The Labute approximate surface area is 113 Å². The maximum absolute atomic E-state index is 11.3. The smallest absolute Gasteiger partial charge is 0.151 e. The average molecular weight is 264 g/mol. The highest BCUT2D eigenvalue weighted by Crippen LogP contribution is 2.42. The maximum Gasteiger partial charge on any atom is 0.151 e. The zero-order valence-electron chi connectivity index (χ0n) is 10.3. The summed E-state index contributed by atoms with van der Waals surface area (Å²) in [4.78, 5) is 45.0. The van der Waals surface area contributed by atoms with Crippen molar-refractivity contribution in [1.29, 1.82) is 0 Å². The molecule has 2 aromatic rings. The third-order valence-corrected chi connectivity index (χ3v) is 3.57. The standard InChI is InChI=1S/C16H8O4/c17-5-10-4-9-2-1-3-11-13(7-19)14(8-20)16(15(9)11)12(10)6-18/h1-8H. The fourth-order valence-corrected chi connectivity index (χ4v) is 2.75. The van der Waals surface area contributed by atoms with Crippen LogP contribution in [-0.4, -0.2) is 25.1 Å². The molecule has 0 fully saturated rings. The van der Waals surface area contributed by atoms with Crippen molar-refractivity contribution >= 4 is 47.1 Å². The van der Waals surface area contributed by atoms with Gasteiger partial charge in [-0.15, -0.1) is 0 Å². The first-order valence-corrected chi connectivity index (χ1v) is 5.92. The van der Waals surface area contributed by atoms with Crippen molar-refractivity contribution in [1.82, 2.24) is 0 Å². The Morgan fingerprint density at radius 1 is 0.800 bits per heavy atom. The van der Waals surface area contributed by atoms with Crippen molar-refractivity contribution < 1.29 is 19.2 Å². The van der Waals surface area contributed by atoms with Crippen molar-refractivity contribution in [3.63, 3.8) is 0 Å². The first-order valence-electron chi connectivity index (χ1n) is 5.92. The first-order chi connectivity index (χ1) is 9.76. The molecule has 0 aromatic heterocycles. The summed E-state index contributed by atoms with van der Waals surface area (Å²) in [7, 11) is 0. The fraction of sp³-hybridized carbons (Fsp3) is 0. The van der Waals surface area contributed by atoms with Gasteiger partial charge < -0.3 is 0 Å². The quantitative estimate of drug-likeness (QED) is 0.793. The van der Waals surface area contributed by atoms with Crippen molar-refractivity contribution in [2.45, 2.75) is 0 Å². The van der Waals surface area contributed by atoms with Crippen LogP contribution in [0.5, 0.6) is 0 Å². The van der Waals surface area contributed by atoms with E-state index in [4.69, 9.17) is 0 Å². The zero-order valence-corrected chi connectivity index (χ0v) is 10.3. The summed E-state index contributed by atoms with van der Waals surface area (Å²) in [6.45, 7) is 0. The van der Waals surface area contributed by atoms with Gasteiger partial charge in [-0.3, -0.25) is 19.2 Å². The molecule has 1 aliphatic carbocycles. The van der Waals surface area contributed by atoms with E-state index >= 15 is 0 Å². The molecule has 4 nitrogen and oxygen atoms in total. The molecule has 0 bridgehead atoms. The molecule has 20 heavy (non-hydrogen) atoms. The third kappa shape index (κ3) is 1.36. The topological polar surface area (TPSA) is 68.3 Å². The van der Waals surface area contributed by atoms with Gasteiger partial charge in [0.1, 0.15) is 0 Å². The van der Waals surface area contributed by atoms with Crippen molar-refractivity contribution in [2.24, 2.45) is 0 Å². The lowest BCUT2D eigenvalue weighted by atomic mass is 9.93. The Kier molecular flexibility index (Phi) is 2.64. The summed E-state index contributed by atoms with van der Waals surface area (Å²) in [6, 6.07) is 6.84. The number of benzene rings is 2. The van der Waals surface area contributed by atoms with Crippen LogP contribution in [0.1, 0.15) is 31.8 Å². The number of rotatable bonds is 4. The molecular weight excluding hydrogens is 256 g/mol. The van der Waals surface area contributed by atoms with Gasteiger partial charge in [0, 0.05) is 27.8 Å². The predicted octanol–water partition coefficient (Wildman–Crippen LogP) is 2.09. The lowest BCUT2D eigenvalue weighted by Gasteiger charge is -2.08. The van der Waals surface area contributed by atoms with Gasteiger partial charge in [0.05, 0.1) is 0 Å². The second kappa shape index (κ2) is 4.35. The fourth-order valence-electron chi connectivity index (χ4n) is 2.75. The van der Waals surface area contributed by atoms with E-state index < -0.39 is 0 Å². The summed E-state index contributed by atoms with van der Waals surface area (Å²) in [5.74, 6) is 0. The van der Waals surface area contributed by atoms with Crippen LogP contribution in [0.3, 0.4) is 0 Å². The van der Waals surface area contributed by atoms with Crippen LogP contribution in [0.4, 0.5) is 0 Å². The molecule has 0 unspecified atom stereocenters. The van der Waals surface area contributed by atoms with Crippen molar-refractivity contribution in [3.05, 3.63) is 46.5 Å². The molecule has 2 aromatic carbocycles. The summed E-state index contributed by atoms with van der Waals surface area (Å²) < 4.78 is 0. The minimum absolute atomic E-state index is 0.152. The molecule has 0 saturated heterocycles. The molecule has 96 valence electrons. The minimum Gasteiger partial charge on any atom is -0.298 e. The molecule has 0 aliphatic heterocycles. The largest absolute Gasteiger partial charge is 0.298 e. The van der Waals surface area contributed by atoms with Crippen molar-refractivity contribution in [3.8, 4) is 0 Å². The molecule has 0 atom stereocenters. The molecule has 4 heteroatoms. The van der Waals surface area contributed by atoms with Gasteiger partial charge >= 0.3 is 0 Å². The van der Waals surface area contributed by atoms with E-state index in [1.807, 2.05) is 0 Å². The number of hydrogen-bond acceptors (Lipinski definition) is 4. The average Bonchev–Trinajstić information content (AvgIpc) is 2.82. The molecule has 0 spiro atoms. The van der Waals surface area contributed by atoms with Gasteiger partial charge in [0.2, 0.25) is 0 Å². The molecule has 3 rings (SSSR count). The molecular formula is C16H8O4. The molecule has 0 saturated carbocycles. The lowest BCUT2D eigenvalue weighted by molar-refractivity contribution is -0.104. The van der Waals surface area contributed by atoms with Gasteiger partial charge in [-0.05, 0) is 22.4 Å². The Hall–Kier alpha value is -2.88. The summed E-state index contributed by atoms with van der Waals surface area (Å²) in [6.07, 6.45) is 2.29. The van der Waals surface area contributed by atoms with E-state index in [1.165, 1.54) is 0 Å². The monoisotopic (exact) mass is 264 g/mol. The van der Waals surface area contributed by atoms with Crippen LogP contribution in [-0.2, 0) is 9.59 Å². The molecule has 0 heterocycles. The van der Waals surface area contributed by atoms with Crippen LogP contribution in [0.25, 0.3) is 21.9 Å². The van der Waals surface area contributed by atoms with E-state index in [9.17, 15) is 19.2 Å². The number of aldehydes is 4. The van der Waals surface area contributed by atoms with Gasteiger partial charge in [-0.1, -0.05) is 18.2 Å². The second-order valence-corrected chi connectivity index (χ2v) is 4.46. The zero-order chi connectivity index (χ0) is 14.3. The maximum atomic E-state index is 11.3. The highest BCUT2D eigenvalue weighted by Gasteiger charge is 2.27. The van der Waals surface area contributed by atoms with E-state index in [-0.39, 0.29) is 22.3 Å². The Morgan fingerprint density at radius 2 is 1.55 bits per heavy atom. The predicted molar refractivity (Wildman–Crippen MR) is 73.7 cm³/mol. The molecule has 1 aliphatic rings. The van der Waals surface area contributed by atoms with E-state index in [1.54, 1.807) is 24.3 Å². The van der Waals surface area contributed by atoms with Crippen LogP contribution in [0.15, 0.2) is 24.3 Å². The highest BCUT2D eigenvalue weighted by molar-refractivity contribution is 6.39. The van der Waals surface area contributed by atoms with Crippen LogP contribution >= 0.6 is 0 Å². The van der Waals surface area contributed by atoms with Crippen LogP contribution in [0.2, 0.25) is 0 Å². The number of allylic oxidation sites excluding steroid dienone is 2. The first kappa shape index (κ1) is 12.2. The molecule has 0 radical (unpaired) electrons. The van der Waals surface area contributed by atoms with E-state index in [2.05, 4.69) is 0 Å². The van der Waals surface area contributed by atoms with Gasteiger partial charge in [-0.25, -0.2) is 0 Å². The summed E-state index contributed by atoms with van der Waals surface area (Å²) >= 11 is 0. The number of hydrogen-bond donors (Lipinski definition) is 0. The lowest BCUT2D eigenvalue weighted by Crippen LogP contribution is -1.98. The van der Waals surface area contributed by atoms with Crippen LogP contribution < -0.4 is 0 Å². The Bertz CT molecular complexity index is 828. The minimum atomic E-state index is 0.152. The van der Waals surface area contributed by atoms with Crippen LogP contribution in [0, 0.1) is 0 Å².